The van der Waals surface area contributed by atoms with Gasteiger partial charge in [-0.1, -0.05) is 19.0 Å². The zero-order valence-corrected chi connectivity index (χ0v) is 14.7. The van der Waals surface area contributed by atoms with Crippen LogP contribution in [0.3, 0.4) is 0 Å². The molecule has 0 aromatic carbocycles. The van der Waals surface area contributed by atoms with Gasteiger partial charge in [0.25, 0.3) is 0 Å². The number of nitrogens with one attached hydrogen (secondary N) is 2. The number of anilines is 2. The molecule has 2 aromatic heterocycles. The summed E-state index contributed by atoms with van der Waals surface area (Å²) in [6.45, 7) is 6.64. The molecule has 8 nitrogen and oxygen atoms in total. The van der Waals surface area contributed by atoms with E-state index in [1.165, 1.54) is 11.8 Å². The number of hydrogen-bond acceptors (Lipinski definition) is 6. The van der Waals surface area contributed by atoms with Gasteiger partial charge in [-0.05, 0) is 12.8 Å². The fourth-order valence-electron chi connectivity index (χ4n) is 1.95. The van der Waals surface area contributed by atoms with Gasteiger partial charge in [0.1, 0.15) is 11.6 Å². The third kappa shape index (κ3) is 5.73. The van der Waals surface area contributed by atoms with E-state index < -0.39 is 0 Å². The first-order valence-electron chi connectivity index (χ1n) is 7.56. The van der Waals surface area contributed by atoms with Crippen LogP contribution in [-0.4, -0.2) is 38.3 Å². The van der Waals surface area contributed by atoms with E-state index in [9.17, 15) is 9.59 Å². The number of carbonyl (C=O) groups excluding carboxylic acids is 2. The average molecular weight is 351 g/mol. The summed E-state index contributed by atoms with van der Waals surface area (Å²) < 4.78 is 6.62. The topological polar surface area (TPSA) is 102 Å². The van der Waals surface area contributed by atoms with Gasteiger partial charge in [0.15, 0.2) is 5.82 Å². The molecule has 0 unspecified atom stereocenters. The molecule has 0 saturated carbocycles. The second-order valence-corrected chi connectivity index (χ2v) is 6.69. The van der Waals surface area contributed by atoms with Gasteiger partial charge >= 0.3 is 0 Å². The quantitative estimate of drug-likeness (QED) is 0.755. The van der Waals surface area contributed by atoms with Gasteiger partial charge in [0, 0.05) is 18.7 Å². The number of carbonyl (C=O) groups is 2. The molecule has 0 aliphatic carbocycles. The summed E-state index contributed by atoms with van der Waals surface area (Å²) in [5.41, 5.74) is 0. The lowest BCUT2D eigenvalue weighted by Crippen LogP contribution is -2.20. The summed E-state index contributed by atoms with van der Waals surface area (Å²) in [5, 5.41) is 13.3. The van der Waals surface area contributed by atoms with Crippen molar-refractivity contribution in [1.82, 2.24) is 14.9 Å². The Balaban J connectivity index is 1.71. The summed E-state index contributed by atoms with van der Waals surface area (Å²) in [4.78, 5) is 23.7. The average Bonchev–Trinajstić information content (AvgIpc) is 3.08. The van der Waals surface area contributed by atoms with Crippen LogP contribution in [0, 0.1) is 12.8 Å². The van der Waals surface area contributed by atoms with E-state index in [1.807, 2.05) is 0 Å². The Hall–Kier alpha value is -2.29. The van der Waals surface area contributed by atoms with Crippen LogP contribution in [0.25, 0.3) is 0 Å². The summed E-state index contributed by atoms with van der Waals surface area (Å²) in [5.74, 6) is 2.02. The lowest BCUT2D eigenvalue weighted by molar-refractivity contribution is -0.114. The number of aryl methyl sites for hydroxylation is 1. The van der Waals surface area contributed by atoms with Crippen LogP contribution >= 0.6 is 11.8 Å². The standard InChI is InChI=1S/C15H21N5O3S/c1-10(2)7-20-13(4-5-16-20)18-15(22)9-24-8-14(21)17-12-6-11(3)23-19-12/h4-6,10H,7-9H2,1-3H3,(H,18,22)(H,17,19,21). The highest BCUT2D eigenvalue weighted by Gasteiger charge is 2.11. The maximum atomic E-state index is 12.0. The van der Waals surface area contributed by atoms with Crippen LogP contribution in [0.5, 0.6) is 0 Å². The van der Waals surface area contributed by atoms with Crippen molar-refractivity contribution < 1.29 is 14.1 Å². The molecule has 2 rings (SSSR count). The molecule has 0 atom stereocenters. The molecule has 2 N–H and O–H groups in total. The molecule has 2 heterocycles. The minimum absolute atomic E-state index is 0.157. The number of thioether (sulfide) groups is 1. The van der Waals surface area contributed by atoms with Crippen molar-refractivity contribution in [2.45, 2.75) is 27.3 Å². The molecular formula is C15H21N5O3S. The molecule has 0 saturated heterocycles. The molecule has 0 aliphatic heterocycles. The van der Waals surface area contributed by atoms with Gasteiger partial charge in [0.05, 0.1) is 17.7 Å². The molecule has 0 aliphatic rings. The Morgan fingerprint density at radius 3 is 2.62 bits per heavy atom. The van der Waals surface area contributed by atoms with E-state index in [2.05, 4.69) is 34.7 Å². The largest absolute Gasteiger partial charge is 0.360 e. The Labute approximate surface area is 144 Å². The van der Waals surface area contributed by atoms with Gasteiger partial charge < -0.3 is 15.2 Å². The van der Waals surface area contributed by atoms with E-state index in [0.29, 0.717) is 23.3 Å². The fraction of sp³-hybridized carbons (Fsp3) is 0.467. The molecule has 2 amide bonds. The van der Waals surface area contributed by atoms with Gasteiger partial charge in [0.2, 0.25) is 11.8 Å². The highest BCUT2D eigenvalue weighted by atomic mass is 32.2. The van der Waals surface area contributed by atoms with Crippen LogP contribution < -0.4 is 10.6 Å². The van der Waals surface area contributed by atoms with Gasteiger partial charge in [-0.15, -0.1) is 11.8 Å². The second kappa shape index (κ2) is 8.53. The molecule has 0 bridgehead atoms. The second-order valence-electron chi connectivity index (χ2n) is 5.70. The predicted octanol–water partition coefficient (Wildman–Crippen LogP) is 2.15. The monoisotopic (exact) mass is 351 g/mol. The van der Waals surface area contributed by atoms with Gasteiger partial charge in [-0.3, -0.25) is 9.59 Å². The molecule has 130 valence electrons. The van der Waals surface area contributed by atoms with E-state index >= 15 is 0 Å². The van der Waals surface area contributed by atoms with Crippen LogP contribution in [0.2, 0.25) is 0 Å². The smallest absolute Gasteiger partial charge is 0.235 e. The van der Waals surface area contributed by atoms with Crippen molar-refractivity contribution in [2.75, 3.05) is 22.1 Å². The third-order valence-electron chi connectivity index (χ3n) is 2.88. The SMILES string of the molecule is Cc1cc(NC(=O)CSCC(=O)Nc2ccnn2CC(C)C)no1. The third-order valence-corrected chi connectivity index (χ3v) is 3.82. The van der Waals surface area contributed by atoms with Crippen molar-refractivity contribution in [2.24, 2.45) is 5.92 Å². The summed E-state index contributed by atoms with van der Waals surface area (Å²) in [6, 6.07) is 3.38. The molecule has 24 heavy (non-hydrogen) atoms. The lowest BCUT2D eigenvalue weighted by Gasteiger charge is -2.10. The first kappa shape index (κ1) is 18.1. The predicted molar refractivity (Wildman–Crippen MR) is 92.9 cm³/mol. The minimum Gasteiger partial charge on any atom is -0.360 e. The van der Waals surface area contributed by atoms with Crippen molar-refractivity contribution in [3.63, 3.8) is 0 Å². The maximum Gasteiger partial charge on any atom is 0.235 e. The molecular weight excluding hydrogens is 330 g/mol. The maximum absolute atomic E-state index is 12.0. The van der Waals surface area contributed by atoms with E-state index in [1.54, 1.807) is 29.9 Å². The first-order chi connectivity index (χ1) is 11.4. The van der Waals surface area contributed by atoms with Crippen LogP contribution in [0.4, 0.5) is 11.6 Å². The summed E-state index contributed by atoms with van der Waals surface area (Å²) >= 11 is 1.22. The van der Waals surface area contributed by atoms with Crippen molar-refractivity contribution >= 4 is 35.2 Å². The zero-order valence-electron chi connectivity index (χ0n) is 13.9. The van der Waals surface area contributed by atoms with Crippen molar-refractivity contribution in [3.05, 3.63) is 24.1 Å². The molecule has 2 aromatic rings. The summed E-state index contributed by atoms with van der Waals surface area (Å²) in [7, 11) is 0. The van der Waals surface area contributed by atoms with Crippen LogP contribution in [0.1, 0.15) is 19.6 Å². The fourth-order valence-corrected chi connectivity index (χ4v) is 2.57. The molecule has 0 fully saturated rings. The van der Waals surface area contributed by atoms with Crippen LogP contribution in [0.15, 0.2) is 22.9 Å². The molecule has 9 heteroatoms. The minimum atomic E-state index is -0.231. The molecule has 0 spiro atoms. The Kier molecular flexibility index (Phi) is 6.42. The zero-order chi connectivity index (χ0) is 17.5. The van der Waals surface area contributed by atoms with E-state index in [-0.39, 0.29) is 23.3 Å². The highest BCUT2D eigenvalue weighted by Crippen LogP contribution is 2.11. The van der Waals surface area contributed by atoms with Crippen molar-refractivity contribution in [3.8, 4) is 0 Å². The van der Waals surface area contributed by atoms with Gasteiger partial charge in [-0.25, -0.2) is 4.68 Å². The van der Waals surface area contributed by atoms with Crippen molar-refractivity contribution in [1.29, 1.82) is 0 Å². The number of nitrogens with zero attached hydrogens (tertiary/aromatic N) is 3. The highest BCUT2D eigenvalue weighted by molar-refractivity contribution is 8.00. The van der Waals surface area contributed by atoms with E-state index in [4.69, 9.17) is 4.52 Å². The Morgan fingerprint density at radius 2 is 2.00 bits per heavy atom. The van der Waals surface area contributed by atoms with Gasteiger partial charge in [-0.2, -0.15) is 5.10 Å². The van der Waals surface area contributed by atoms with E-state index in [0.717, 1.165) is 6.54 Å². The number of rotatable bonds is 8. The Bertz CT molecular complexity index is 695. The Morgan fingerprint density at radius 1 is 1.29 bits per heavy atom. The normalized spacial score (nSPS) is 10.8. The number of hydrogen-bond donors (Lipinski definition) is 2. The number of aromatic nitrogens is 3. The lowest BCUT2D eigenvalue weighted by atomic mass is 10.2. The number of amides is 2. The molecule has 0 radical (unpaired) electrons. The summed E-state index contributed by atoms with van der Waals surface area (Å²) in [6.07, 6.45) is 1.65. The van der Waals surface area contributed by atoms with Crippen LogP contribution in [-0.2, 0) is 16.1 Å². The first-order valence-corrected chi connectivity index (χ1v) is 8.72.